The molecule has 0 saturated carbocycles. The first-order chi connectivity index (χ1) is 5.77. The lowest BCUT2D eigenvalue weighted by Crippen LogP contribution is -1.82. The molecule has 0 aliphatic heterocycles. The zero-order valence-corrected chi connectivity index (χ0v) is 6.79. The topological polar surface area (TPSA) is 40.9 Å². The summed E-state index contributed by atoms with van der Waals surface area (Å²) in [5, 5.41) is 6.89. The molecular formula is C10H9NO. The molecule has 0 aromatic heterocycles. The summed E-state index contributed by atoms with van der Waals surface area (Å²) in [4.78, 5) is 10.3. The summed E-state index contributed by atoms with van der Waals surface area (Å²) in [7, 11) is 0. The van der Waals surface area contributed by atoms with Crippen LogP contribution in [0.2, 0.25) is 0 Å². The number of hydrogen-bond acceptors (Lipinski definition) is 2. The fourth-order valence-electron chi connectivity index (χ4n) is 0.884. The monoisotopic (exact) mass is 159 g/mol. The van der Waals surface area contributed by atoms with Crippen molar-refractivity contribution < 1.29 is 4.79 Å². The van der Waals surface area contributed by atoms with Crippen LogP contribution in [0.4, 0.5) is 0 Å². The first-order valence-corrected chi connectivity index (χ1v) is 3.60. The van der Waals surface area contributed by atoms with Crippen molar-refractivity contribution in [2.45, 2.75) is 6.92 Å². The molecule has 0 fully saturated rings. The molecule has 1 N–H and O–H groups in total. The fourth-order valence-corrected chi connectivity index (χ4v) is 0.884. The summed E-state index contributed by atoms with van der Waals surface area (Å²) in [6.45, 7) is 1.81. The van der Waals surface area contributed by atoms with Gasteiger partial charge in [0.05, 0.1) is 0 Å². The number of carbonyl (C=O) groups is 1. The Hall–Kier alpha value is -1.66. The van der Waals surface area contributed by atoms with Crippen LogP contribution in [-0.2, 0) is 0 Å². The van der Waals surface area contributed by atoms with Crippen LogP contribution < -0.4 is 0 Å². The maximum atomic E-state index is 10.3. The van der Waals surface area contributed by atoms with Crippen molar-refractivity contribution in [2.75, 3.05) is 0 Å². The highest BCUT2D eigenvalue weighted by molar-refractivity contribution is 5.87. The lowest BCUT2D eigenvalue weighted by molar-refractivity contribution is 0.112. The van der Waals surface area contributed by atoms with Crippen molar-refractivity contribution in [1.29, 1.82) is 5.41 Å². The van der Waals surface area contributed by atoms with Gasteiger partial charge in [0.25, 0.3) is 0 Å². The molecule has 0 aliphatic rings. The minimum atomic E-state index is 0.650. The third kappa shape index (κ3) is 1.68. The van der Waals surface area contributed by atoms with Gasteiger partial charge in [-0.15, -0.1) is 0 Å². The van der Waals surface area contributed by atoms with Gasteiger partial charge >= 0.3 is 0 Å². The highest BCUT2D eigenvalue weighted by atomic mass is 16.1. The van der Waals surface area contributed by atoms with Gasteiger partial charge in [-0.25, -0.2) is 0 Å². The number of hydrogen-bond donors (Lipinski definition) is 1. The molecule has 0 radical (unpaired) electrons. The highest BCUT2D eigenvalue weighted by Gasteiger charge is 1.94. The summed E-state index contributed by atoms with van der Waals surface area (Å²) in [6, 6.07) is 7.06. The number of allylic oxidation sites excluding steroid dienone is 1. The molecule has 0 saturated heterocycles. The molecule has 0 spiro atoms. The number of aldehydes is 1. The van der Waals surface area contributed by atoms with Gasteiger partial charge in [-0.2, -0.15) is 0 Å². The molecule has 1 aromatic rings. The summed E-state index contributed by atoms with van der Waals surface area (Å²) in [6.07, 6.45) is 0.799. The van der Waals surface area contributed by atoms with E-state index >= 15 is 0 Å². The predicted molar refractivity (Wildman–Crippen MR) is 48.6 cm³/mol. The van der Waals surface area contributed by atoms with Gasteiger partial charge in [0, 0.05) is 11.1 Å². The van der Waals surface area contributed by atoms with Crippen LogP contribution in [0.15, 0.2) is 24.3 Å². The largest absolute Gasteiger partial charge is 0.298 e. The van der Waals surface area contributed by atoms with Gasteiger partial charge in [-0.3, -0.25) is 10.2 Å². The van der Waals surface area contributed by atoms with E-state index in [1.54, 1.807) is 24.3 Å². The summed E-state index contributed by atoms with van der Waals surface area (Å²) < 4.78 is 0. The van der Waals surface area contributed by atoms with E-state index in [4.69, 9.17) is 5.41 Å². The molecular weight excluding hydrogens is 150 g/mol. The average molecular weight is 159 g/mol. The molecule has 1 aromatic carbocycles. The van der Waals surface area contributed by atoms with Crippen molar-refractivity contribution in [1.82, 2.24) is 0 Å². The maximum Gasteiger partial charge on any atom is 0.150 e. The van der Waals surface area contributed by atoms with Crippen molar-refractivity contribution in [3.05, 3.63) is 35.4 Å². The fraction of sp³-hybridized carbons (Fsp3) is 0.100. The minimum Gasteiger partial charge on any atom is -0.298 e. The highest BCUT2D eigenvalue weighted by Crippen LogP contribution is 2.10. The summed E-state index contributed by atoms with van der Waals surface area (Å²) in [5.74, 6) is 2.30. The van der Waals surface area contributed by atoms with E-state index in [0.717, 1.165) is 17.4 Å². The van der Waals surface area contributed by atoms with Gasteiger partial charge < -0.3 is 0 Å². The van der Waals surface area contributed by atoms with E-state index in [-0.39, 0.29) is 0 Å². The first-order valence-electron chi connectivity index (χ1n) is 3.60. The smallest absolute Gasteiger partial charge is 0.150 e. The molecule has 0 amide bonds. The van der Waals surface area contributed by atoms with Crippen molar-refractivity contribution in [2.24, 2.45) is 0 Å². The zero-order valence-electron chi connectivity index (χ0n) is 6.79. The number of carbonyl (C=O) groups excluding carboxylic acids is 1. The second-order valence-corrected chi connectivity index (χ2v) is 2.49. The number of benzene rings is 1. The molecule has 2 nitrogen and oxygen atoms in total. The van der Waals surface area contributed by atoms with Crippen molar-refractivity contribution in [3.63, 3.8) is 0 Å². The Balaban J connectivity index is 3.07. The van der Waals surface area contributed by atoms with Crippen molar-refractivity contribution >= 4 is 17.7 Å². The molecule has 0 bridgehead atoms. The minimum absolute atomic E-state index is 0.650. The molecule has 0 aliphatic carbocycles. The Morgan fingerprint density at radius 2 is 2.00 bits per heavy atom. The Labute approximate surface area is 71.0 Å². The zero-order chi connectivity index (χ0) is 8.97. The van der Waals surface area contributed by atoms with E-state index in [1.165, 1.54) is 0 Å². The SMILES string of the molecule is CC(=C=N)c1ccc(C=O)cc1. The maximum absolute atomic E-state index is 10.3. The lowest BCUT2D eigenvalue weighted by Gasteiger charge is -1.96. The molecule has 2 heteroatoms. The first kappa shape index (κ1) is 8.44. The predicted octanol–water partition coefficient (Wildman–Crippen LogP) is 2.15. The molecule has 0 unspecified atom stereocenters. The van der Waals surface area contributed by atoms with Crippen LogP contribution in [0.25, 0.3) is 5.57 Å². The summed E-state index contributed by atoms with van der Waals surface area (Å²) in [5.41, 5.74) is 2.35. The van der Waals surface area contributed by atoms with Crippen LogP contribution in [0.5, 0.6) is 0 Å². The van der Waals surface area contributed by atoms with Gasteiger partial charge in [0.1, 0.15) is 6.29 Å². The van der Waals surface area contributed by atoms with E-state index in [2.05, 4.69) is 5.87 Å². The molecule has 12 heavy (non-hydrogen) atoms. The van der Waals surface area contributed by atoms with Gasteiger partial charge in [-0.1, -0.05) is 24.3 Å². The Morgan fingerprint density at radius 1 is 1.42 bits per heavy atom. The Bertz CT molecular complexity index is 331. The molecule has 0 heterocycles. The van der Waals surface area contributed by atoms with Crippen LogP contribution in [-0.4, -0.2) is 12.2 Å². The lowest BCUT2D eigenvalue weighted by atomic mass is 10.1. The summed E-state index contributed by atoms with van der Waals surface area (Å²) >= 11 is 0. The van der Waals surface area contributed by atoms with E-state index in [1.807, 2.05) is 6.92 Å². The van der Waals surface area contributed by atoms with Crippen LogP contribution in [0, 0.1) is 5.41 Å². The van der Waals surface area contributed by atoms with Crippen LogP contribution >= 0.6 is 0 Å². The standard InChI is InChI=1S/C10H9NO/c1-8(6-11)10-4-2-9(7-12)3-5-10/h2-5,7,11H,1H3. The molecule has 1 rings (SSSR count). The molecule has 0 atom stereocenters. The van der Waals surface area contributed by atoms with E-state index < -0.39 is 0 Å². The van der Waals surface area contributed by atoms with E-state index in [9.17, 15) is 4.79 Å². The Morgan fingerprint density at radius 3 is 2.42 bits per heavy atom. The second-order valence-electron chi connectivity index (χ2n) is 2.49. The van der Waals surface area contributed by atoms with Crippen LogP contribution in [0.3, 0.4) is 0 Å². The number of nitrogens with one attached hydrogen (secondary N) is 1. The van der Waals surface area contributed by atoms with Gasteiger partial charge in [0.2, 0.25) is 0 Å². The Kier molecular flexibility index (Phi) is 2.57. The normalized spacial score (nSPS) is 8.75. The van der Waals surface area contributed by atoms with E-state index in [0.29, 0.717) is 5.56 Å². The van der Waals surface area contributed by atoms with Gasteiger partial charge in [0.15, 0.2) is 0 Å². The quantitative estimate of drug-likeness (QED) is 0.521. The number of rotatable bonds is 2. The van der Waals surface area contributed by atoms with Gasteiger partial charge in [-0.05, 0) is 18.4 Å². The third-order valence-electron chi connectivity index (χ3n) is 1.67. The third-order valence-corrected chi connectivity index (χ3v) is 1.67. The second kappa shape index (κ2) is 3.65. The average Bonchev–Trinajstić information content (AvgIpc) is 2.17. The van der Waals surface area contributed by atoms with Crippen LogP contribution in [0.1, 0.15) is 22.8 Å². The molecule has 60 valence electrons. The van der Waals surface area contributed by atoms with Crippen molar-refractivity contribution in [3.8, 4) is 0 Å².